The zero-order chi connectivity index (χ0) is 14.6. The van der Waals surface area contributed by atoms with Crippen LogP contribution < -0.4 is 24.0 Å². The van der Waals surface area contributed by atoms with Gasteiger partial charge >= 0.3 is 5.97 Å². The quantitative estimate of drug-likeness (QED) is 0.396. The number of esters is 1. The van der Waals surface area contributed by atoms with Crippen molar-refractivity contribution in [3.63, 3.8) is 0 Å². The first kappa shape index (κ1) is 18.9. The summed E-state index contributed by atoms with van der Waals surface area (Å²) in [6.45, 7) is 2.90. The van der Waals surface area contributed by atoms with E-state index in [9.17, 15) is 4.79 Å². The Labute approximate surface area is 149 Å². The van der Waals surface area contributed by atoms with Gasteiger partial charge in [-0.1, -0.05) is 12.5 Å². The average molecular weight is 423 g/mol. The van der Waals surface area contributed by atoms with Gasteiger partial charge in [0, 0.05) is 0 Å². The molecule has 0 aromatic carbocycles. The molecule has 1 aromatic heterocycles. The number of halogens is 1. The van der Waals surface area contributed by atoms with Crippen molar-refractivity contribution >= 4 is 17.3 Å². The first-order chi connectivity index (χ1) is 9.49. The molecular weight excluding hydrogens is 397 g/mol. The molecular formula is C16H26INO2S. The van der Waals surface area contributed by atoms with Gasteiger partial charge in [-0.2, -0.15) is 0 Å². The number of carbonyl (C=O) groups excluding carboxylic acids is 1. The highest BCUT2D eigenvalue weighted by atomic mass is 127. The van der Waals surface area contributed by atoms with Gasteiger partial charge in [0.15, 0.2) is 0 Å². The Kier molecular flexibility index (Phi) is 7.64. The van der Waals surface area contributed by atoms with Crippen LogP contribution in [0.15, 0.2) is 17.5 Å². The number of nitrogens with zero attached hydrogens (tertiary/aromatic N) is 1. The lowest BCUT2D eigenvalue weighted by atomic mass is 9.93. The molecule has 0 aliphatic heterocycles. The molecule has 0 spiro atoms. The summed E-state index contributed by atoms with van der Waals surface area (Å²) < 4.78 is 6.53. The Morgan fingerprint density at radius 1 is 1.38 bits per heavy atom. The summed E-state index contributed by atoms with van der Waals surface area (Å²) in [5, 5.41) is 1.91. The number of thiophene rings is 1. The molecule has 1 saturated carbocycles. The zero-order valence-corrected chi connectivity index (χ0v) is 16.2. The van der Waals surface area contributed by atoms with Crippen molar-refractivity contribution < 1.29 is 38.0 Å². The molecule has 0 radical (unpaired) electrons. The van der Waals surface area contributed by atoms with E-state index in [0.29, 0.717) is 10.9 Å². The van der Waals surface area contributed by atoms with Crippen molar-refractivity contribution in [3.05, 3.63) is 22.4 Å². The smallest absolute Gasteiger partial charge is 0.348 e. The molecule has 0 bridgehead atoms. The third kappa shape index (κ3) is 5.53. The highest BCUT2D eigenvalue weighted by molar-refractivity contribution is 7.11. The number of quaternary nitrogens is 1. The summed E-state index contributed by atoms with van der Waals surface area (Å²) in [7, 11) is 4.54. The lowest BCUT2D eigenvalue weighted by Gasteiger charge is -2.41. The van der Waals surface area contributed by atoms with E-state index in [1.165, 1.54) is 43.4 Å². The predicted octanol–water partition coefficient (Wildman–Crippen LogP) is 0.707. The Balaban J connectivity index is 0.00000220. The lowest BCUT2D eigenvalue weighted by Crippen LogP contribution is -3.00. The number of hydrogen-bond acceptors (Lipinski definition) is 3. The second kappa shape index (κ2) is 8.48. The third-order valence-corrected chi connectivity index (χ3v) is 5.17. The summed E-state index contributed by atoms with van der Waals surface area (Å²) in [5.41, 5.74) is 0. The molecule has 0 N–H and O–H groups in total. The molecule has 3 nitrogen and oxygen atoms in total. The van der Waals surface area contributed by atoms with E-state index in [1.807, 2.05) is 24.4 Å². The van der Waals surface area contributed by atoms with Crippen molar-refractivity contribution in [2.24, 2.45) is 0 Å². The van der Waals surface area contributed by atoms with Gasteiger partial charge in [0.1, 0.15) is 17.5 Å². The molecule has 120 valence electrons. The normalized spacial score (nSPS) is 17.9. The van der Waals surface area contributed by atoms with Crippen molar-refractivity contribution in [1.29, 1.82) is 0 Å². The lowest BCUT2D eigenvalue weighted by molar-refractivity contribution is -0.918. The summed E-state index contributed by atoms with van der Waals surface area (Å²) in [6, 6.07) is 4.42. The SMILES string of the molecule is CC(C[N+](C)(C)C1CCCCC1)OC(=O)c1cccs1.[I-]. The molecule has 21 heavy (non-hydrogen) atoms. The largest absolute Gasteiger partial charge is 1.00 e. The van der Waals surface area contributed by atoms with Crippen molar-refractivity contribution in [1.82, 2.24) is 0 Å². The van der Waals surface area contributed by atoms with Gasteiger partial charge in [-0.25, -0.2) is 4.79 Å². The van der Waals surface area contributed by atoms with Gasteiger partial charge in [-0.15, -0.1) is 11.3 Å². The van der Waals surface area contributed by atoms with Crippen molar-refractivity contribution in [2.45, 2.75) is 51.2 Å². The van der Waals surface area contributed by atoms with Crippen molar-refractivity contribution in [3.8, 4) is 0 Å². The van der Waals surface area contributed by atoms with Gasteiger partial charge in [0.2, 0.25) is 0 Å². The number of likely N-dealkylation sites (N-methyl/N-ethyl adjacent to an activating group) is 1. The van der Waals surface area contributed by atoms with E-state index in [-0.39, 0.29) is 36.0 Å². The summed E-state index contributed by atoms with van der Waals surface area (Å²) >= 11 is 1.44. The van der Waals surface area contributed by atoms with Crippen LogP contribution >= 0.6 is 11.3 Å². The zero-order valence-electron chi connectivity index (χ0n) is 13.2. The monoisotopic (exact) mass is 423 g/mol. The summed E-state index contributed by atoms with van der Waals surface area (Å²) in [5.74, 6) is -0.184. The molecule has 1 aliphatic rings. The highest BCUT2D eigenvalue weighted by Gasteiger charge is 2.32. The van der Waals surface area contributed by atoms with E-state index in [2.05, 4.69) is 14.1 Å². The van der Waals surface area contributed by atoms with Crippen LogP contribution in [0.5, 0.6) is 0 Å². The number of hydrogen-bond donors (Lipinski definition) is 0. The van der Waals surface area contributed by atoms with E-state index in [0.717, 1.165) is 11.0 Å². The molecule has 2 rings (SSSR count). The van der Waals surface area contributed by atoms with Gasteiger partial charge in [0.25, 0.3) is 0 Å². The molecule has 0 saturated heterocycles. The topological polar surface area (TPSA) is 26.3 Å². The van der Waals surface area contributed by atoms with Crippen LogP contribution in [0.2, 0.25) is 0 Å². The van der Waals surface area contributed by atoms with E-state index < -0.39 is 0 Å². The summed E-state index contributed by atoms with van der Waals surface area (Å²) in [4.78, 5) is 12.7. The molecule has 1 heterocycles. The Morgan fingerprint density at radius 3 is 2.62 bits per heavy atom. The number of ether oxygens (including phenoxy) is 1. The minimum Gasteiger partial charge on any atom is -1.00 e. The van der Waals surface area contributed by atoms with E-state index in [4.69, 9.17) is 4.74 Å². The van der Waals surface area contributed by atoms with Crippen LogP contribution in [0.3, 0.4) is 0 Å². The van der Waals surface area contributed by atoms with Gasteiger partial charge in [0.05, 0.1) is 20.1 Å². The second-order valence-corrected chi connectivity index (χ2v) is 7.39. The number of rotatable bonds is 5. The van der Waals surface area contributed by atoms with Gasteiger partial charge in [-0.3, -0.25) is 0 Å². The van der Waals surface area contributed by atoms with Crippen LogP contribution in [0.25, 0.3) is 0 Å². The van der Waals surface area contributed by atoms with Gasteiger partial charge < -0.3 is 33.2 Å². The minimum atomic E-state index is -0.184. The fraction of sp³-hybridized carbons (Fsp3) is 0.688. The first-order valence-corrected chi connectivity index (χ1v) is 8.44. The fourth-order valence-electron chi connectivity index (χ4n) is 3.26. The highest BCUT2D eigenvalue weighted by Crippen LogP contribution is 2.26. The summed E-state index contributed by atoms with van der Waals surface area (Å²) in [6.07, 6.45) is 6.63. The maximum Gasteiger partial charge on any atom is 0.348 e. The molecule has 1 aliphatic carbocycles. The molecule has 1 atom stereocenters. The second-order valence-electron chi connectivity index (χ2n) is 6.45. The van der Waals surface area contributed by atoms with Crippen LogP contribution in [0, 0.1) is 0 Å². The van der Waals surface area contributed by atoms with Crippen LogP contribution in [-0.2, 0) is 4.74 Å². The standard InChI is InChI=1S/C16H26NO2S.HI/c1-13(19-16(18)15-10-7-11-20-15)12-17(2,3)14-8-5-4-6-9-14;/h7,10-11,13-14H,4-6,8-9,12H2,1-3H3;1H/q+1;/p-1. The van der Waals surface area contributed by atoms with Crippen LogP contribution in [0.1, 0.15) is 48.7 Å². The van der Waals surface area contributed by atoms with Gasteiger partial charge in [-0.05, 0) is 44.1 Å². The van der Waals surface area contributed by atoms with Crippen LogP contribution in [-0.4, -0.2) is 43.2 Å². The molecule has 1 aromatic rings. The molecule has 1 unspecified atom stereocenters. The van der Waals surface area contributed by atoms with Crippen molar-refractivity contribution in [2.75, 3.05) is 20.6 Å². The Hall–Kier alpha value is -0.140. The predicted molar refractivity (Wildman–Crippen MR) is 83.0 cm³/mol. The number of carbonyl (C=O) groups is 1. The fourth-order valence-corrected chi connectivity index (χ4v) is 3.87. The Morgan fingerprint density at radius 2 is 2.05 bits per heavy atom. The molecule has 5 heteroatoms. The van der Waals surface area contributed by atoms with E-state index in [1.54, 1.807) is 0 Å². The third-order valence-electron chi connectivity index (χ3n) is 4.32. The maximum absolute atomic E-state index is 12.0. The minimum absolute atomic E-state index is 0. The average Bonchev–Trinajstić information content (AvgIpc) is 2.93. The van der Waals surface area contributed by atoms with Crippen LogP contribution in [0.4, 0.5) is 0 Å². The first-order valence-electron chi connectivity index (χ1n) is 7.56. The van der Waals surface area contributed by atoms with E-state index >= 15 is 0 Å². The molecule has 0 amide bonds. The Bertz CT molecular complexity index is 427. The molecule has 1 fully saturated rings. The maximum atomic E-state index is 12.0.